The van der Waals surface area contributed by atoms with Gasteiger partial charge in [0, 0.05) is 17.5 Å². The summed E-state index contributed by atoms with van der Waals surface area (Å²) in [5.41, 5.74) is 2.50. The second-order valence-corrected chi connectivity index (χ2v) is 7.40. The van der Waals surface area contributed by atoms with E-state index in [9.17, 15) is 0 Å². The number of anilines is 1. The van der Waals surface area contributed by atoms with E-state index in [4.69, 9.17) is 12.2 Å². The lowest BCUT2D eigenvalue weighted by Gasteiger charge is -2.38. The summed E-state index contributed by atoms with van der Waals surface area (Å²) < 4.78 is 0. The predicted octanol–water partition coefficient (Wildman–Crippen LogP) is 5.20. The van der Waals surface area contributed by atoms with Crippen LogP contribution >= 0.6 is 24.0 Å². The third-order valence-corrected chi connectivity index (χ3v) is 5.68. The summed E-state index contributed by atoms with van der Waals surface area (Å²) in [6.07, 6.45) is 6.88. The molecular weight excluding hydrogens is 332 g/mol. The maximum absolute atomic E-state index is 5.76. The van der Waals surface area contributed by atoms with Crippen LogP contribution in [0.4, 0.5) is 5.69 Å². The SMILES string of the molecule is CSc1ccccc1NC(=S)N1CCCCC1Cc1ccccc1. The Morgan fingerprint density at radius 1 is 1.12 bits per heavy atom. The van der Waals surface area contributed by atoms with Gasteiger partial charge < -0.3 is 10.2 Å². The van der Waals surface area contributed by atoms with Crippen molar-refractivity contribution < 1.29 is 0 Å². The van der Waals surface area contributed by atoms with Crippen LogP contribution in [-0.4, -0.2) is 28.9 Å². The van der Waals surface area contributed by atoms with Crippen LogP contribution in [0, 0.1) is 0 Å². The fourth-order valence-electron chi connectivity index (χ4n) is 3.30. The number of thioether (sulfide) groups is 1. The van der Waals surface area contributed by atoms with Gasteiger partial charge in [-0.1, -0.05) is 42.5 Å². The third-order valence-electron chi connectivity index (χ3n) is 4.55. The first-order valence-corrected chi connectivity index (χ1v) is 10.2. The Balaban J connectivity index is 1.71. The quantitative estimate of drug-likeness (QED) is 0.598. The molecule has 0 aliphatic carbocycles. The standard InChI is InChI=1S/C20H24N2S2/c1-24-19-13-6-5-12-18(19)21-20(23)22-14-8-7-11-17(22)15-16-9-3-2-4-10-16/h2-6,9-10,12-13,17H,7-8,11,14-15H2,1H3,(H,21,23). The molecule has 0 spiro atoms. The maximum Gasteiger partial charge on any atom is 0.173 e. The van der Waals surface area contributed by atoms with E-state index in [2.05, 4.69) is 71.1 Å². The van der Waals surface area contributed by atoms with Gasteiger partial charge in [0.05, 0.1) is 5.69 Å². The molecule has 0 bridgehead atoms. The summed E-state index contributed by atoms with van der Waals surface area (Å²) in [5, 5.41) is 4.34. The average molecular weight is 357 g/mol. The number of nitrogens with zero attached hydrogens (tertiary/aromatic N) is 1. The molecule has 2 nitrogen and oxygen atoms in total. The van der Waals surface area contributed by atoms with E-state index in [1.807, 2.05) is 0 Å². The first-order valence-electron chi connectivity index (χ1n) is 8.52. The molecule has 3 rings (SSSR count). The monoisotopic (exact) mass is 356 g/mol. The number of thiocarbonyl (C=S) groups is 1. The fraction of sp³-hybridized carbons (Fsp3) is 0.350. The van der Waals surface area contributed by atoms with E-state index < -0.39 is 0 Å². The Morgan fingerprint density at radius 3 is 2.67 bits per heavy atom. The summed E-state index contributed by atoms with van der Waals surface area (Å²) in [7, 11) is 0. The number of hydrogen-bond donors (Lipinski definition) is 1. The Bertz CT molecular complexity index is 672. The van der Waals surface area contributed by atoms with Gasteiger partial charge >= 0.3 is 0 Å². The molecule has 2 aromatic rings. The van der Waals surface area contributed by atoms with Crippen molar-refractivity contribution in [3.05, 3.63) is 60.2 Å². The molecule has 1 N–H and O–H groups in total. The van der Waals surface area contributed by atoms with E-state index >= 15 is 0 Å². The fourth-order valence-corrected chi connectivity index (χ4v) is 4.21. The minimum absolute atomic E-state index is 0.489. The first-order chi connectivity index (χ1) is 11.8. The molecule has 1 fully saturated rings. The van der Waals surface area contributed by atoms with E-state index in [-0.39, 0.29) is 0 Å². The Kier molecular flexibility index (Phi) is 6.16. The highest BCUT2D eigenvalue weighted by Gasteiger charge is 2.25. The summed E-state index contributed by atoms with van der Waals surface area (Å²) >= 11 is 7.51. The van der Waals surface area contributed by atoms with Gasteiger partial charge in [0.2, 0.25) is 0 Å². The minimum Gasteiger partial charge on any atom is -0.346 e. The number of hydrogen-bond acceptors (Lipinski definition) is 2. The Morgan fingerprint density at radius 2 is 1.88 bits per heavy atom. The zero-order valence-electron chi connectivity index (χ0n) is 14.1. The van der Waals surface area contributed by atoms with Gasteiger partial charge in [-0.3, -0.25) is 0 Å². The molecular formula is C20H24N2S2. The van der Waals surface area contributed by atoms with Crippen molar-refractivity contribution in [2.24, 2.45) is 0 Å². The number of rotatable bonds is 4. The number of benzene rings is 2. The number of para-hydroxylation sites is 1. The van der Waals surface area contributed by atoms with Gasteiger partial charge in [0.25, 0.3) is 0 Å². The largest absolute Gasteiger partial charge is 0.346 e. The maximum atomic E-state index is 5.76. The average Bonchev–Trinajstić information content (AvgIpc) is 2.63. The molecule has 1 aliphatic rings. The topological polar surface area (TPSA) is 15.3 Å². The summed E-state index contributed by atoms with van der Waals surface area (Å²) in [4.78, 5) is 3.62. The highest BCUT2D eigenvalue weighted by molar-refractivity contribution is 7.98. The van der Waals surface area contributed by atoms with Crippen LogP contribution in [0.5, 0.6) is 0 Å². The van der Waals surface area contributed by atoms with Crippen molar-refractivity contribution in [3.8, 4) is 0 Å². The zero-order valence-corrected chi connectivity index (χ0v) is 15.7. The number of nitrogens with one attached hydrogen (secondary N) is 1. The van der Waals surface area contributed by atoms with Crippen LogP contribution < -0.4 is 5.32 Å². The van der Waals surface area contributed by atoms with Crippen LogP contribution in [0.25, 0.3) is 0 Å². The molecule has 1 unspecified atom stereocenters. The van der Waals surface area contributed by atoms with Gasteiger partial charge in [0.1, 0.15) is 0 Å². The second kappa shape index (κ2) is 8.54. The first kappa shape index (κ1) is 17.3. The van der Waals surface area contributed by atoms with Crippen molar-refractivity contribution in [1.82, 2.24) is 4.90 Å². The van der Waals surface area contributed by atoms with Gasteiger partial charge in [-0.2, -0.15) is 0 Å². The smallest absolute Gasteiger partial charge is 0.173 e. The van der Waals surface area contributed by atoms with Crippen molar-refractivity contribution in [2.75, 3.05) is 18.1 Å². The van der Waals surface area contributed by atoms with Crippen molar-refractivity contribution in [2.45, 2.75) is 36.6 Å². The van der Waals surface area contributed by atoms with Crippen molar-refractivity contribution in [1.29, 1.82) is 0 Å². The molecule has 0 aromatic heterocycles. The molecule has 0 amide bonds. The highest BCUT2D eigenvalue weighted by Crippen LogP contribution is 2.27. The second-order valence-electron chi connectivity index (χ2n) is 6.16. The predicted molar refractivity (Wildman–Crippen MR) is 109 cm³/mol. The van der Waals surface area contributed by atoms with E-state index in [0.29, 0.717) is 6.04 Å². The molecule has 1 heterocycles. The zero-order chi connectivity index (χ0) is 16.8. The van der Waals surface area contributed by atoms with Gasteiger partial charge in [0.15, 0.2) is 5.11 Å². The van der Waals surface area contributed by atoms with E-state index in [1.54, 1.807) is 11.8 Å². The molecule has 24 heavy (non-hydrogen) atoms. The molecule has 4 heteroatoms. The van der Waals surface area contributed by atoms with Gasteiger partial charge in [-0.05, 0) is 61.9 Å². The lowest BCUT2D eigenvalue weighted by molar-refractivity contribution is 0.243. The highest BCUT2D eigenvalue weighted by atomic mass is 32.2. The number of likely N-dealkylation sites (tertiary alicyclic amines) is 1. The molecule has 1 aliphatic heterocycles. The molecule has 1 saturated heterocycles. The molecule has 0 radical (unpaired) electrons. The van der Waals surface area contributed by atoms with Crippen LogP contribution in [0.15, 0.2) is 59.5 Å². The van der Waals surface area contributed by atoms with Crippen LogP contribution in [0.1, 0.15) is 24.8 Å². The summed E-state index contributed by atoms with van der Waals surface area (Å²) in [5.74, 6) is 0. The molecule has 1 atom stereocenters. The van der Waals surface area contributed by atoms with Crippen molar-refractivity contribution >= 4 is 34.8 Å². The van der Waals surface area contributed by atoms with Gasteiger partial charge in [-0.15, -0.1) is 11.8 Å². The van der Waals surface area contributed by atoms with E-state index in [0.717, 1.165) is 23.8 Å². The van der Waals surface area contributed by atoms with E-state index in [1.165, 1.54) is 29.7 Å². The molecule has 2 aromatic carbocycles. The normalized spacial score (nSPS) is 17.5. The lowest BCUT2D eigenvalue weighted by Crippen LogP contribution is -2.46. The van der Waals surface area contributed by atoms with Crippen LogP contribution in [0.2, 0.25) is 0 Å². The van der Waals surface area contributed by atoms with Crippen LogP contribution in [0.3, 0.4) is 0 Å². The lowest BCUT2D eigenvalue weighted by atomic mass is 9.96. The van der Waals surface area contributed by atoms with Crippen LogP contribution in [-0.2, 0) is 6.42 Å². The molecule has 126 valence electrons. The van der Waals surface area contributed by atoms with Crippen molar-refractivity contribution in [3.63, 3.8) is 0 Å². The molecule has 0 saturated carbocycles. The van der Waals surface area contributed by atoms with Gasteiger partial charge in [-0.25, -0.2) is 0 Å². The Labute approximate surface area is 154 Å². The number of piperidine rings is 1. The summed E-state index contributed by atoms with van der Waals surface area (Å²) in [6, 6.07) is 19.6. The Hall–Kier alpha value is -1.52. The third kappa shape index (κ3) is 4.31. The summed E-state index contributed by atoms with van der Waals surface area (Å²) in [6.45, 7) is 1.05. The minimum atomic E-state index is 0.489.